The predicted molar refractivity (Wildman–Crippen MR) is 174 cm³/mol. The number of fused-ring (bicyclic) bond motifs is 1. The Bertz CT molecular complexity index is 1940. The monoisotopic (exact) mass is 539 g/mol. The highest BCUT2D eigenvalue weighted by Gasteiger charge is 2.13. The van der Waals surface area contributed by atoms with Crippen LogP contribution >= 0.6 is 0 Å². The zero-order valence-corrected chi connectivity index (χ0v) is 22.9. The van der Waals surface area contributed by atoms with E-state index in [1.165, 1.54) is 21.9 Å². The van der Waals surface area contributed by atoms with E-state index in [0.29, 0.717) is 17.5 Å². The molecule has 0 spiro atoms. The molecule has 1 aromatic heterocycles. The number of hydrogen-bond acceptors (Lipinski definition) is 4. The van der Waals surface area contributed by atoms with Crippen molar-refractivity contribution in [2.45, 2.75) is 0 Å². The Balaban J connectivity index is 1.29. The van der Waals surface area contributed by atoms with Gasteiger partial charge < -0.3 is 5.02 Å². The molecular formula is C37H26BN3O. The van der Waals surface area contributed by atoms with Gasteiger partial charge in [-0.1, -0.05) is 151 Å². The van der Waals surface area contributed by atoms with Gasteiger partial charge >= 0.3 is 7.48 Å². The summed E-state index contributed by atoms with van der Waals surface area (Å²) in [4.78, 5) is 14.5. The second-order valence-corrected chi connectivity index (χ2v) is 10.2. The number of hydrogen-bond donors (Lipinski definition) is 1. The summed E-state index contributed by atoms with van der Waals surface area (Å²) in [6, 6.07) is 49.5. The molecule has 0 atom stereocenters. The lowest BCUT2D eigenvalue weighted by Gasteiger charge is -2.12. The van der Waals surface area contributed by atoms with Crippen LogP contribution in [0.25, 0.3) is 67.2 Å². The van der Waals surface area contributed by atoms with Crippen molar-refractivity contribution in [2.75, 3.05) is 0 Å². The number of nitrogens with zero attached hydrogens (tertiary/aromatic N) is 3. The van der Waals surface area contributed by atoms with Crippen molar-refractivity contribution in [3.8, 4) is 56.4 Å². The van der Waals surface area contributed by atoms with E-state index in [2.05, 4.69) is 72.8 Å². The van der Waals surface area contributed by atoms with Crippen molar-refractivity contribution in [3.63, 3.8) is 0 Å². The van der Waals surface area contributed by atoms with Gasteiger partial charge in [0.15, 0.2) is 17.5 Å². The van der Waals surface area contributed by atoms with Gasteiger partial charge in [-0.25, -0.2) is 15.0 Å². The fourth-order valence-electron chi connectivity index (χ4n) is 5.34. The van der Waals surface area contributed by atoms with E-state index >= 15 is 0 Å². The Morgan fingerprint density at radius 1 is 0.357 bits per heavy atom. The molecule has 1 N–H and O–H groups in total. The molecule has 4 nitrogen and oxygen atoms in total. The highest BCUT2D eigenvalue weighted by atomic mass is 16.2. The summed E-state index contributed by atoms with van der Waals surface area (Å²) in [5.74, 6) is 1.94. The van der Waals surface area contributed by atoms with Gasteiger partial charge in [0.25, 0.3) is 0 Å². The maximum Gasteiger partial charge on any atom is 0.304 e. The first-order valence-electron chi connectivity index (χ1n) is 14.0. The molecule has 0 saturated carbocycles. The van der Waals surface area contributed by atoms with Crippen LogP contribution in [0.1, 0.15) is 0 Å². The van der Waals surface area contributed by atoms with Crippen LogP contribution < -0.4 is 5.46 Å². The third-order valence-corrected chi connectivity index (χ3v) is 7.52. The van der Waals surface area contributed by atoms with Crippen LogP contribution in [0.15, 0.2) is 146 Å². The fraction of sp³-hybridized carbons (Fsp3) is 0. The lowest BCUT2D eigenvalue weighted by atomic mass is 9.86. The summed E-state index contributed by atoms with van der Waals surface area (Å²) in [6.07, 6.45) is 0. The Kier molecular flexibility index (Phi) is 6.84. The van der Waals surface area contributed by atoms with E-state index in [1.54, 1.807) is 0 Å². The Hall–Kier alpha value is -5.39. The molecule has 1 heterocycles. The van der Waals surface area contributed by atoms with E-state index < -0.39 is 0 Å². The molecule has 7 aromatic rings. The van der Waals surface area contributed by atoms with Crippen LogP contribution in [0.5, 0.6) is 0 Å². The van der Waals surface area contributed by atoms with Crippen LogP contribution in [0.3, 0.4) is 0 Å². The first-order valence-corrected chi connectivity index (χ1v) is 14.0. The van der Waals surface area contributed by atoms with Gasteiger partial charge in [-0.05, 0) is 33.0 Å². The summed E-state index contributed by atoms with van der Waals surface area (Å²) in [7, 11) is 0.0433. The minimum atomic E-state index is 0.0433. The molecule has 0 aliphatic carbocycles. The summed E-state index contributed by atoms with van der Waals surface area (Å²) < 4.78 is 0. The highest BCUT2D eigenvalue weighted by molar-refractivity contribution is 6.45. The van der Waals surface area contributed by atoms with Crippen LogP contribution in [-0.4, -0.2) is 27.5 Å². The molecule has 7 rings (SSSR count). The van der Waals surface area contributed by atoms with E-state index in [0.717, 1.165) is 33.3 Å². The molecule has 6 aromatic carbocycles. The maximum atomic E-state index is 9.45. The van der Waals surface area contributed by atoms with Gasteiger partial charge in [0.05, 0.1) is 0 Å². The molecular weight excluding hydrogens is 513 g/mol. The van der Waals surface area contributed by atoms with Crippen LogP contribution in [0.2, 0.25) is 0 Å². The molecule has 0 aliphatic rings. The molecule has 0 saturated heterocycles. The molecule has 0 bridgehead atoms. The van der Waals surface area contributed by atoms with Crippen molar-refractivity contribution >= 4 is 23.7 Å². The standard InChI is InChI=1S/C37H26BN3O/c42-38-30-23-21-26(22-24-30)32-14-8-15-33-31(13-7-16-34(32)33)25-17-19-29(20-18-25)37-40-35(27-9-3-1-4-10-27)39-36(41-37)28-11-5-2-6-12-28/h1-24,38,42H. The van der Waals surface area contributed by atoms with Crippen molar-refractivity contribution in [1.82, 2.24) is 15.0 Å². The lowest BCUT2D eigenvalue weighted by molar-refractivity contribution is 0.615. The summed E-state index contributed by atoms with van der Waals surface area (Å²) in [5, 5.41) is 11.8. The topological polar surface area (TPSA) is 58.9 Å². The Morgan fingerprint density at radius 3 is 1.17 bits per heavy atom. The first-order chi connectivity index (χ1) is 20.8. The molecule has 198 valence electrons. The van der Waals surface area contributed by atoms with Crippen molar-refractivity contribution in [3.05, 3.63) is 146 Å². The lowest BCUT2D eigenvalue weighted by Crippen LogP contribution is -2.11. The number of aromatic nitrogens is 3. The first kappa shape index (κ1) is 25.6. The summed E-state index contributed by atoms with van der Waals surface area (Å²) in [6.45, 7) is 0. The van der Waals surface area contributed by atoms with E-state index in [4.69, 9.17) is 15.0 Å². The van der Waals surface area contributed by atoms with Crippen molar-refractivity contribution in [2.24, 2.45) is 0 Å². The van der Waals surface area contributed by atoms with E-state index in [9.17, 15) is 5.02 Å². The smallest absolute Gasteiger partial charge is 0.304 e. The van der Waals surface area contributed by atoms with Crippen LogP contribution in [0.4, 0.5) is 0 Å². The molecule has 0 fully saturated rings. The van der Waals surface area contributed by atoms with E-state index in [-0.39, 0.29) is 7.48 Å². The average molecular weight is 539 g/mol. The van der Waals surface area contributed by atoms with Crippen LogP contribution in [-0.2, 0) is 0 Å². The quantitative estimate of drug-likeness (QED) is 0.225. The normalized spacial score (nSPS) is 11.0. The van der Waals surface area contributed by atoms with Gasteiger partial charge in [0, 0.05) is 16.7 Å². The summed E-state index contributed by atoms with van der Waals surface area (Å²) in [5.41, 5.74) is 8.33. The van der Waals surface area contributed by atoms with Gasteiger partial charge in [0.1, 0.15) is 0 Å². The Morgan fingerprint density at radius 2 is 0.738 bits per heavy atom. The van der Waals surface area contributed by atoms with Crippen molar-refractivity contribution in [1.29, 1.82) is 0 Å². The van der Waals surface area contributed by atoms with Gasteiger partial charge in [0.2, 0.25) is 0 Å². The zero-order chi connectivity index (χ0) is 28.3. The molecule has 0 unspecified atom stereocenters. The second kappa shape index (κ2) is 11.2. The predicted octanol–water partition coefficient (Wildman–Crippen LogP) is 7.33. The van der Waals surface area contributed by atoms with E-state index in [1.807, 2.05) is 72.8 Å². The maximum absolute atomic E-state index is 9.45. The zero-order valence-electron chi connectivity index (χ0n) is 22.9. The third-order valence-electron chi connectivity index (χ3n) is 7.52. The summed E-state index contributed by atoms with van der Waals surface area (Å²) >= 11 is 0. The molecule has 0 amide bonds. The largest absolute Gasteiger partial charge is 0.449 e. The van der Waals surface area contributed by atoms with Gasteiger partial charge in [-0.2, -0.15) is 0 Å². The second-order valence-electron chi connectivity index (χ2n) is 10.2. The third kappa shape index (κ3) is 4.98. The molecule has 42 heavy (non-hydrogen) atoms. The minimum Gasteiger partial charge on any atom is -0.449 e. The average Bonchev–Trinajstić information content (AvgIpc) is 3.08. The van der Waals surface area contributed by atoms with Crippen molar-refractivity contribution < 1.29 is 5.02 Å². The van der Waals surface area contributed by atoms with Gasteiger partial charge in [-0.3, -0.25) is 0 Å². The SMILES string of the molecule is OBc1ccc(-c2cccc3c(-c4ccc(-c5nc(-c6ccccc6)nc(-c6ccccc6)n5)cc4)cccc23)cc1. The molecule has 0 radical (unpaired) electrons. The molecule has 5 heteroatoms. The fourth-order valence-corrected chi connectivity index (χ4v) is 5.34. The Labute approximate surface area is 245 Å². The van der Waals surface area contributed by atoms with Gasteiger partial charge in [-0.15, -0.1) is 0 Å². The number of rotatable bonds is 6. The highest BCUT2D eigenvalue weighted by Crippen LogP contribution is 2.35. The number of benzene rings is 6. The minimum absolute atomic E-state index is 0.0433. The van der Waals surface area contributed by atoms with Crippen LogP contribution in [0, 0.1) is 0 Å². The molecule has 0 aliphatic heterocycles.